The average molecular weight is 258 g/mol. The second kappa shape index (κ2) is 4.97. The number of nitrogens with zero attached hydrogens (tertiary/aromatic N) is 1. The molecule has 19 heavy (non-hydrogen) atoms. The SMILES string of the molecule is CCCC1(C(=O)N2Cc3ccccc3C2)CCCN1. The average Bonchev–Trinajstić information content (AvgIpc) is 3.04. The van der Waals surface area contributed by atoms with Crippen LogP contribution in [0.3, 0.4) is 0 Å². The second-order valence-electron chi connectivity index (χ2n) is 5.79. The summed E-state index contributed by atoms with van der Waals surface area (Å²) in [7, 11) is 0. The van der Waals surface area contributed by atoms with Crippen molar-refractivity contribution in [2.45, 2.75) is 51.2 Å². The lowest BCUT2D eigenvalue weighted by Crippen LogP contribution is -2.53. The van der Waals surface area contributed by atoms with E-state index in [1.54, 1.807) is 0 Å². The zero-order chi connectivity index (χ0) is 13.3. The Labute approximate surface area is 115 Å². The van der Waals surface area contributed by atoms with Gasteiger partial charge < -0.3 is 10.2 Å². The van der Waals surface area contributed by atoms with Crippen LogP contribution < -0.4 is 5.32 Å². The standard InChI is InChI=1S/C16H22N2O/c1-2-8-16(9-5-10-17-16)15(19)18-11-13-6-3-4-7-14(13)12-18/h3-4,6-7,17H,2,5,8-12H2,1H3. The summed E-state index contributed by atoms with van der Waals surface area (Å²) < 4.78 is 0. The monoisotopic (exact) mass is 258 g/mol. The Morgan fingerprint density at radius 2 is 2.00 bits per heavy atom. The van der Waals surface area contributed by atoms with Gasteiger partial charge in [-0.3, -0.25) is 4.79 Å². The van der Waals surface area contributed by atoms with Crippen LogP contribution in [0.25, 0.3) is 0 Å². The minimum absolute atomic E-state index is 0.281. The zero-order valence-corrected chi connectivity index (χ0v) is 11.6. The van der Waals surface area contributed by atoms with Crippen molar-refractivity contribution in [1.82, 2.24) is 10.2 Å². The van der Waals surface area contributed by atoms with Gasteiger partial charge in [-0.25, -0.2) is 0 Å². The molecular weight excluding hydrogens is 236 g/mol. The van der Waals surface area contributed by atoms with E-state index in [2.05, 4.69) is 36.5 Å². The van der Waals surface area contributed by atoms with E-state index in [9.17, 15) is 4.79 Å². The van der Waals surface area contributed by atoms with Crippen LogP contribution in [-0.2, 0) is 17.9 Å². The molecule has 0 aromatic heterocycles. The molecule has 0 radical (unpaired) electrons. The Kier molecular flexibility index (Phi) is 3.31. The highest BCUT2D eigenvalue weighted by Crippen LogP contribution is 2.31. The van der Waals surface area contributed by atoms with Crippen molar-refractivity contribution in [3.8, 4) is 0 Å². The van der Waals surface area contributed by atoms with E-state index in [4.69, 9.17) is 0 Å². The Morgan fingerprint density at radius 3 is 2.53 bits per heavy atom. The Balaban J connectivity index is 1.78. The summed E-state index contributed by atoms with van der Waals surface area (Å²) in [6, 6.07) is 8.39. The van der Waals surface area contributed by atoms with Crippen molar-refractivity contribution in [2.75, 3.05) is 6.54 Å². The molecule has 2 heterocycles. The van der Waals surface area contributed by atoms with Crippen LogP contribution in [0.1, 0.15) is 43.7 Å². The Bertz CT molecular complexity index is 452. The zero-order valence-electron chi connectivity index (χ0n) is 11.6. The van der Waals surface area contributed by atoms with E-state index < -0.39 is 0 Å². The number of hydrogen-bond donors (Lipinski definition) is 1. The highest BCUT2D eigenvalue weighted by Gasteiger charge is 2.43. The number of carbonyl (C=O) groups excluding carboxylic acids is 1. The third-order valence-electron chi connectivity index (χ3n) is 4.46. The van der Waals surface area contributed by atoms with Crippen LogP contribution in [0.2, 0.25) is 0 Å². The van der Waals surface area contributed by atoms with Crippen LogP contribution >= 0.6 is 0 Å². The molecule has 0 aliphatic carbocycles. The minimum atomic E-state index is -0.281. The molecule has 1 aromatic carbocycles. The quantitative estimate of drug-likeness (QED) is 0.903. The molecule has 1 N–H and O–H groups in total. The van der Waals surface area contributed by atoms with Crippen molar-refractivity contribution in [1.29, 1.82) is 0 Å². The van der Waals surface area contributed by atoms with Gasteiger partial charge >= 0.3 is 0 Å². The molecule has 3 rings (SSSR count). The molecule has 0 spiro atoms. The summed E-state index contributed by atoms with van der Waals surface area (Å²) in [4.78, 5) is 14.9. The first-order chi connectivity index (χ1) is 9.25. The van der Waals surface area contributed by atoms with Crippen molar-refractivity contribution in [2.24, 2.45) is 0 Å². The fourth-order valence-electron chi connectivity index (χ4n) is 3.52. The number of rotatable bonds is 3. The largest absolute Gasteiger partial charge is 0.332 e. The van der Waals surface area contributed by atoms with E-state index in [1.165, 1.54) is 11.1 Å². The van der Waals surface area contributed by atoms with Gasteiger partial charge in [0.15, 0.2) is 0 Å². The van der Waals surface area contributed by atoms with Gasteiger partial charge in [-0.15, -0.1) is 0 Å². The predicted molar refractivity (Wildman–Crippen MR) is 75.6 cm³/mol. The van der Waals surface area contributed by atoms with E-state index in [0.29, 0.717) is 5.91 Å². The van der Waals surface area contributed by atoms with Gasteiger partial charge in [0, 0.05) is 13.1 Å². The highest BCUT2D eigenvalue weighted by molar-refractivity contribution is 5.87. The predicted octanol–water partition coefficient (Wildman–Crippen LogP) is 2.45. The van der Waals surface area contributed by atoms with Crippen molar-refractivity contribution < 1.29 is 4.79 Å². The topological polar surface area (TPSA) is 32.3 Å². The third-order valence-corrected chi connectivity index (χ3v) is 4.46. The molecule has 0 saturated carbocycles. The molecular formula is C16H22N2O. The second-order valence-corrected chi connectivity index (χ2v) is 5.79. The van der Waals surface area contributed by atoms with E-state index in [0.717, 1.165) is 45.3 Å². The Morgan fingerprint density at radius 1 is 1.32 bits per heavy atom. The van der Waals surface area contributed by atoms with Gasteiger partial charge in [0.05, 0.1) is 5.54 Å². The lowest BCUT2D eigenvalue weighted by molar-refractivity contribution is -0.138. The van der Waals surface area contributed by atoms with Crippen molar-refractivity contribution >= 4 is 5.91 Å². The smallest absolute Gasteiger partial charge is 0.243 e. The molecule has 3 nitrogen and oxygen atoms in total. The van der Waals surface area contributed by atoms with Crippen molar-refractivity contribution in [3.63, 3.8) is 0 Å². The molecule has 0 bridgehead atoms. The maximum Gasteiger partial charge on any atom is 0.243 e. The summed E-state index contributed by atoms with van der Waals surface area (Å²) in [5, 5.41) is 3.48. The number of hydrogen-bond acceptors (Lipinski definition) is 2. The van der Waals surface area contributed by atoms with Gasteiger partial charge in [-0.1, -0.05) is 37.6 Å². The molecule has 1 aromatic rings. The maximum atomic E-state index is 12.9. The molecule has 1 amide bonds. The van der Waals surface area contributed by atoms with Crippen molar-refractivity contribution in [3.05, 3.63) is 35.4 Å². The summed E-state index contributed by atoms with van der Waals surface area (Å²) in [6.07, 6.45) is 4.12. The van der Waals surface area contributed by atoms with Gasteiger partial charge in [-0.2, -0.15) is 0 Å². The summed E-state index contributed by atoms with van der Waals surface area (Å²) in [6.45, 7) is 4.70. The molecule has 1 atom stereocenters. The number of amides is 1. The first-order valence-corrected chi connectivity index (χ1v) is 7.36. The number of carbonyl (C=O) groups is 1. The van der Waals surface area contributed by atoms with E-state index in [-0.39, 0.29) is 5.54 Å². The molecule has 102 valence electrons. The normalized spacial score (nSPS) is 25.6. The molecule has 2 aliphatic heterocycles. The fourth-order valence-corrected chi connectivity index (χ4v) is 3.52. The minimum Gasteiger partial charge on any atom is -0.332 e. The molecule has 1 unspecified atom stereocenters. The molecule has 1 fully saturated rings. The van der Waals surface area contributed by atoms with Crippen LogP contribution in [-0.4, -0.2) is 22.9 Å². The van der Waals surface area contributed by atoms with Crippen LogP contribution in [0, 0.1) is 0 Å². The van der Waals surface area contributed by atoms with Gasteiger partial charge in [0.1, 0.15) is 0 Å². The van der Waals surface area contributed by atoms with Crippen LogP contribution in [0.15, 0.2) is 24.3 Å². The van der Waals surface area contributed by atoms with Crippen LogP contribution in [0.5, 0.6) is 0 Å². The number of fused-ring (bicyclic) bond motifs is 1. The molecule has 1 saturated heterocycles. The summed E-state index contributed by atoms with van der Waals surface area (Å²) >= 11 is 0. The molecule has 2 aliphatic rings. The first kappa shape index (κ1) is 12.7. The third kappa shape index (κ3) is 2.16. The molecule has 3 heteroatoms. The van der Waals surface area contributed by atoms with Crippen LogP contribution in [0.4, 0.5) is 0 Å². The summed E-state index contributed by atoms with van der Waals surface area (Å²) in [5.41, 5.74) is 2.33. The number of benzene rings is 1. The van der Waals surface area contributed by atoms with E-state index in [1.807, 2.05) is 4.90 Å². The van der Waals surface area contributed by atoms with Gasteiger partial charge in [0.25, 0.3) is 0 Å². The highest BCUT2D eigenvalue weighted by atomic mass is 16.2. The first-order valence-electron chi connectivity index (χ1n) is 7.36. The van der Waals surface area contributed by atoms with E-state index >= 15 is 0 Å². The lowest BCUT2D eigenvalue weighted by atomic mass is 9.90. The fraction of sp³-hybridized carbons (Fsp3) is 0.562. The Hall–Kier alpha value is -1.35. The summed E-state index contributed by atoms with van der Waals surface area (Å²) in [5.74, 6) is 0.308. The number of nitrogens with one attached hydrogen (secondary N) is 1. The van der Waals surface area contributed by atoms with Gasteiger partial charge in [-0.05, 0) is 36.9 Å². The lowest BCUT2D eigenvalue weighted by Gasteiger charge is -2.32. The van der Waals surface area contributed by atoms with Gasteiger partial charge in [0.2, 0.25) is 5.91 Å². The maximum absolute atomic E-state index is 12.9.